The Hall–Kier alpha value is -1.37. The van der Waals surface area contributed by atoms with Crippen LogP contribution in [0.1, 0.15) is 21.6 Å². The zero-order chi connectivity index (χ0) is 15.8. The Bertz CT molecular complexity index is 764. The molecule has 1 aromatic heterocycles. The molecule has 6 heteroatoms. The molecule has 0 atom stereocenters. The van der Waals surface area contributed by atoms with Crippen molar-refractivity contribution in [2.75, 3.05) is 11.4 Å². The van der Waals surface area contributed by atoms with Crippen LogP contribution in [0.25, 0.3) is 0 Å². The molecule has 2 aromatic rings. The minimum Gasteiger partial charge on any atom is -0.326 e. The molecule has 1 heterocycles. The summed E-state index contributed by atoms with van der Waals surface area (Å²) in [4.78, 5) is 1.04. The number of nitrogens with zero attached hydrogens (tertiary/aromatic N) is 1. The van der Waals surface area contributed by atoms with Crippen molar-refractivity contribution < 1.29 is 8.42 Å². The highest BCUT2D eigenvalue weighted by Gasteiger charge is 2.28. The summed E-state index contributed by atoms with van der Waals surface area (Å²) in [5.74, 6) is 0. The van der Waals surface area contributed by atoms with Crippen molar-refractivity contribution in [1.29, 1.82) is 0 Å². The van der Waals surface area contributed by atoms with Gasteiger partial charge in [0.05, 0.1) is 5.69 Å². The molecule has 0 saturated heterocycles. The first-order valence-corrected chi connectivity index (χ1v) is 8.94. The Morgan fingerprint density at radius 1 is 1.19 bits per heavy atom. The first-order valence-electron chi connectivity index (χ1n) is 6.62. The first kappa shape index (κ1) is 16.0. The fourth-order valence-electron chi connectivity index (χ4n) is 2.40. The highest BCUT2D eigenvalue weighted by molar-refractivity contribution is 7.93. The Labute approximate surface area is 130 Å². The number of sulfonamides is 1. The molecule has 4 nitrogen and oxygen atoms in total. The van der Waals surface area contributed by atoms with Crippen LogP contribution in [0.4, 0.5) is 5.69 Å². The average molecular weight is 324 g/mol. The van der Waals surface area contributed by atoms with Crippen molar-refractivity contribution in [3.05, 3.63) is 45.1 Å². The van der Waals surface area contributed by atoms with E-state index >= 15 is 0 Å². The van der Waals surface area contributed by atoms with Gasteiger partial charge in [0, 0.05) is 18.5 Å². The topological polar surface area (TPSA) is 63.4 Å². The maximum atomic E-state index is 12.9. The van der Waals surface area contributed by atoms with E-state index in [0.717, 1.165) is 16.7 Å². The molecule has 1 aromatic carbocycles. The van der Waals surface area contributed by atoms with Crippen LogP contribution < -0.4 is 10.0 Å². The van der Waals surface area contributed by atoms with Crippen molar-refractivity contribution >= 4 is 27.0 Å². The van der Waals surface area contributed by atoms with Gasteiger partial charge in [-0.15, -0.1) is 11.3 Å². The van der Waals surface area contributed by atoms with Gasteiger partial charge in [-0.1, -0.05) is 17.7 Å². The molecule has 0 aliphatic heterocycles. The van der Waals surface area contributed by atoms with Gasteiger partial charge in [-0.05, 0) is 43.3 Å². The molecule has 0 unspecified atom stereocenters. The van der Waals surface area contributed by atoms with Crippen LogP contribution in [0.2, 0.25) is 0 Å². The monoisotopic (exact) mass is 324 g/mol. The summed E-state index contributed by atoms with van der Waals surface area (Å²) >= 11 is 1.39. The minimum atomic E-state index is -3.59. The SMILES string of the molecule is Cc1ccc(N(C)S(=O)(=O)c2c(C)csc2CN)c(C)c1. The lowest BCUT2D eigenvalue weighted by molar-refractivity contribution is 0.593. The molecule has 0 spiro atoms. The molecule has 2 N–H and O–H groups in total. The maximum Gasteiger partial charge on any atom is 0.265 e. The van der Waals surface area contributed by atoms with Gasteiger partial charge in [0.2, 0.25) is 0 Å². The molecule has 0 bridgehead atoms. The quantitative estimate of drug-likeness (QED) is 0.940. The third-order valence-corrected chi connectivity index (χ3v) is 6.74. The number of aryl methyl sites for hydroxylation is 3. The van der Waals surface area contributed by atoms with Gasteiger partial charge in [0.1, 0.15) is 4.90 Å². The number of hydrogen-bond acceptors (Lipinski definition) is 4. The van der Waals surface area contributed by atoms with E-state index in [0.29, 0.717) is 15.5 Å². The van der Waals surface area contributed by atoms with Gasteiger partial charge >= 0.3 is 0 Å². The van der Waals surface area contributed by atoms with Crippen LogP contribution >= 0.6 is 11.3 Å². The zero-order valence-corrected chi connectivity index (χ0v) is 14.3. The summed E-state index contributed by atoms with van der Waals surface area (Å²) in [6, 6.07) is 5.73. The standard InChI is InChI=1S/C15H20N2O2S2/c1-10-5-6-13(11(2)7-10)17(4)21(18,19)15-12(3)9-20-14(15)8-16/h5-7,9H,8,16H2,1-4H3. The van der Waals surface area contributed by atoms with E-state index in [1.807, 2.05) is 37.4 Å². The second-order valence-electron chi connectivity index (χ2n) is 5.14. The lowest BCUT2D eigenvalue weighted by Gasteiger charge is -2.22. The highest BCUT2D eigenvalue weighted by Crippen LogP contribution is 2.32. The normalized spacial score (nSPS) is 11.7. The number of rotatable bonds is 4. The molecular weight excluding hydrogens is 304 g/mol. The lowest BCUT2D eigenvalue weighted by atomic mass is 10.1. The van der Waals surface area contributed by atoms with Crippen LogP contribution in [-0.2, 0) is 16.6 Å². The third kappa shape index (κ3) is 2.84. The van der Waals surface area contributed by atoms with Gasteiger partial charge in [-0.3, -0.25) is 4.31 Å². The van der Waals surface area contributed by atoms with Crippen molar-refractivity contribution in [2.24, 2.45) is 5.73 Å². The Morgan fingerprint density at radius 3 is 2.43 bits per heavy atom. The van der Waals surface area contributed by atoms with Crippen LogP contribution in [-0.4, -0.2) is 15.5 Å². The number of thiophene rings is 1. The second kappa shape index (κ2) is 5.79. The van der Waals surface area contributed by atoms with Gasteiger partial charge in [0.25, 0.3) is 10.0 Å². The maximum absolute atomic E-state index is 12.9. The number of hydrogen-bond donors (Lipinski definition) is 1. The second-order valence-corrected chi connectivity index (χ2v) is 8.01. The van der Waals surface area contributed by atoms with Crippen molar-refractivity contribution in [2.45, 2.75) is 32.2 Å². The highest BCUT2D eigenvalue weighted by atomic mass is 32.2. The molecular formula is C15H20N2O2S2. The number of anilines is 1. The van der Waals surface area contributed by atoms with Crippen LogP contribution in [0.5, 0.6) is 0 Å². The summed E-state index contributed by atoms with van der Waals surface area (Å²) in [7, 11) is -2.01. The molecule has 21 heavy (non-hydrogen) atoms. The van der Waals surface area contributed by atoms with Gasteiger partial charge in [0.15, 0.2) is 0 Å². The van der Waals surface area contributed by atoms with Gasteiger partial charge in [-0.2, -0.15) is 0 Å². The number of benzene rings is 1. The lowest BCUT2D eigenvalue weighted by Crippen LogP contribution is -2.28. The Kier molecular flexibility index (Phi) is 4.41. The molecule has 0 amide bonds. The van der Waals surface area contributed by atoms with E-state index in [1.165, 1.54) is 15.6 Å². The van der Waals surface area contributed by atoms with E-state index in [-0.39, 0.29) is 6.54 Å². The predicted octanol–water partition coefficient (Wildman–Crippen LogP) is 2.96. The van der Waals surface area contributed by atoms with Crippen molar-refractivity contribution in [3.63, 3.8) is 0 Å². The Balaban J connectivity index is 2.55. The van der Waals surface area contributed by atoms with E-state index in [9.17, 15) is 8.42 Å². The number of nitrogens with two attached hydrogens (primary N) is 1. The van der Waals surface area contributed by atoms with Crippen molar-refractivity contribution in [1.82, 2.24) is 0 Å². The molecule has 2 rings (SSSR count). The molecule has 0 fully saturated rings. The molecule has 0 aliphatic rings. The van der Waals surface area contributed by atoms with Crippen LogP contribution in [0.3, 0.4) is 0 Å². The fraction of sp³-hybridized carbons (Fsp3) is 0.333. The van der Waals surface area contributed by atoms with E-state index in [2.05, 4.69) is 0 Å². The van der Waals surface area contributed by atoms with Crippen LogP contribution in [0.15, 0.2) is 28.5 Å². The van der Waals surface area contributed by atoms with E-state index < -0.39 is 10.0 Å². The summed E-state index contributed by atoms with van der Waals surface area (Å²) in [6.45, 7) is 5.94. The third-order valence-electron chi connectivity index (χ3n) is 3.48. The summed E-state index contributed by atoms with van der Waals surface area (Å²) < 4.78 is 27.2. The zero-order valence-electron chi connectivity index (χ0n) is 12.7. The molecule has 114 valence electrons. The van der Waals surface area contributed by atoms with Crippen molar-refractivity contribution in [3.8, 4) is 0 Å². The average Bonchev–Trinajstić information content (AvgIpc) is 2.79. The smallest absolute Gasteiger partial charge is 0.265 e. The van der Waals surface area contributed by atoms with E-state index in [4.69, 9.17) is 5.73 Å². The van der Waals surface area contributed by atoms with Crippen LogP contribution in [0, 0.1) is 20.8 Å². The Morgan fingerprint density at radius 2 is 1.86 bits per heavy atom. The fourth-order valence-corrected chi connectivity index (χ4v) is 5.31. The molecule has 0 saturated carbocycles. The molecule has 0 aliphatic carbocycles. The summed E-state index contributed by atoms with van der Waals surface area (Å²) in [5.41, 5.74) is 9.15. The molecule has 0 radical (unpaired) electrons. The van der Waals surface area contributed by atoms with Gasteiger partial charge < -0.3 is 5.73 Å². The predicted molar refractivity (Wildman–Crippen MR) is 88.5 cm³/mol. The largest absolute Gasteiger partial charge is 0.326 e. The van der Waals surface area contributed by atoms with E-state index in [1.54, 1.807) is 14.0 Å². The minimum absolute atomic E-state index is 0.230. The summed E-state index contributed by atoms with van der Waals surface area (Å²) in [5, 5.41) is 1.84. The first-order chi connectivity index (χ1) is 9.78. The van der Waals surface area contributed by atoms with Gasteiger partial charge in [-0.25, -0.2) is 8.42 Å². The summed E-state index contributed by atoms with van der Waals surface area (Å²) in [6.07, 6.45) is 0.